The molecule has 0 aliphatic carbocycles. The second kappa shape index (κ2) is 16.8. The van der Waals surface area contributed by atoms with Crippen molar-refractivity contribution in [3.05, 3.63) is 137 Å². The van der Waals surface area contributed by atoms with Gasteiger partial charge in [0.15, 0.2) is 0 Å². The van der Waals surface area contributed by atoms with E-state index < -0.39 is 16.1 Å². The highest BCUT2D eigenvalue weighted by Crippen LogP contribution is 2.34. The molecule has 2 heterocycles. The summed E-state index contributed by atoms with van der Waals surface area (Å²) in [4.78, 5) is 16.6. The molecule has 0 saturated heterocycles. The maximum absolute atomic E-state index is 15.0. The first-order valence-corrected chi connectivity index (χ1v) is 18.0. The summed E-state index contributed by atoms with van der Waals surface area (Å²) in [5, 5.41) is 24.5. The molecule has 6 aromatic rings. The van der Waals surface area contributed by atoms with E-state index >= 15 is 0 Å². The van der Waals surface area contributed by atoms with Crippen molar-refractivity contribution in [3.8, 4) is 28.6 Å². The van der Waals surface area contributed by atoms with Crippen LogP contribution in [0.15, 0.2) is 114 Å². The minimum Gasteiger partial charge on any atom is -0.497 e. The summed E-state index contributed by atoms with van der Waals surface area (Å²) in [7, 11) is 0.477. The van der Waals surface area contributed by atoms with Gasteiger partial charge in [-0.15, -0.1) is 10.2 Å². The van der Waals surface area contributed by atoms with Crippen molar-refractivity contribution in [2.24, 2.45) is 0 Å². The molecule has 15 heteroatoms. The fourth-order valence-electron chi connectivity index (χ4n) is 5.55. The quantitative estimate of drug-likeness (QED) is 0.118. The van der Waals surface area contributed by atoms with E-state index in [4.69, 9.17) is 19.3 Å². The van der Waals surface area contributed by atoms with E-state index in [1.54, 1.807) is 75.9 Å². The zero-order valence-corrected chi connectivity index (χ0v) is 30.5. The van der Waals surface area contributed by atoms with Gasteiger partial charge in [0.05, 0.1) is 38.3 Å². The van der Waals surface area contributed by atoms with Crippen molar-refractivity contribution in [1.29, 1.82) is 0 Å². The zero-order valence-electron chi connectivity index (χ0n) is 29.7. The molecule has 0 aliphatic rings. The number of carbonyl (C=O) groups is 1. The van der Waals surface area contributed by atoms with E-state index in [0.717, 1.165) is 16.7 Å². The van der Waals surface area contributed by atoms with Crippen molar-refractivity contribution < 1.29 is 32.5 Å². The number of rotatable bonds is 15. The Bertz CT molecular complexity index is 2280. The first-order valence-electron chi connectivity index (χ1n) is 16.6. The van der Waals surface area contributed by atoms with E-state index in [2.05, 4.69) is 25.7 Å². The average molecular weight is 748 g/mol. The van der Waals surface area contributed by atoms with Crippen LogP contribution in [-0.2, 0) is 29.7 Å². The van der Waals surface area contributed by atoms with E-state index in [1.165, 1.54) is 27.4 Å². The smallest absolute Gasteiger partial charge is 0.410 e. The van der Waals surface area contributed by atoms with Crippen LogP contribution in [0, 0.1) is 0 Å². The Morgan fingerprint density at radius 1 is 0.778 bits per heavy atom. The number of ether oxygens (including phenoxy) is 3. The number of sulfonamides is 1. The minimum atomic E-state index is -4.26. The van der Waals surface area contributed by atoms with E-state index in [-0.39, 0.29) is 41.7 Å². The van der Waals surface area contributed by atoms with Crippen LogP contribution in [-0.4, -0.2) is 70.4 Å². The first kappa shape index (κ1) is 37.2. The van der Waals surface area contributed by atoms with Crippen molar-refractivity contribution in [2.75, 3.05) is 26.6 Å². The minimum absolute atomic E-state index is 0.0187. The summed E-state index contributed by atoms with van der Waals surface area (Å²) in [6.07, 6.45) is 3.74. The zero-order chi connectivity index (χ0) is 38.1. The number of hydrogen-bond acceptors (Lipinski definition) is 10. The molecule has 0 radical (unpaired) electrons. The Balaban J connectivity index is 1.43. The molecule has 0 unspecified atom stereocenters. The molecular formula is C39H37N7O7S. The number of tetrazole rings is 1. The van der Waals surface area contributed by atoms with Crippen LogP contribution in [0.4, 0.5) is 10.6 Å². The summed E-state index contributed by atoms with van der Waals surface area (Å²) in [6.45, 7) is 0.385. The fourth-order valence-corrected chi connectivity index (χ4v) is 7.19. The van der Waals surface area contributed by atoms with Gasteiger partial charge in [-0.1, -0.05) is 60.7 Å². The second-order valence-corrected chi connectivity index (χ2v) is 13.8. The molecule has 6 rings (SSSR count). The lowest BCUT2D eigenvalue weighted by Gasteiger charge is -2.24. The Labute approximate surface area is 312 Å². The highest BCUT2D eigenvalue weighted by atomic mass is 32.2. The van der Waals surface area contributed by atoms with Crippen LogP contribution in [0.1, 0.15) is 27.8 Å². The van der Waals surface area contributed by atoms with Gasteiger partial charge in [-0.2, -0.15) is 9.10 Å². The number of benzene rings is 4. The topological polar surface area (TPSA) is 171 Å². The lowest BCUT2D eigenvalue weighted by molar-refractivity contribution is 0.209. The van der Waals surface area contributed by atoms with E-state index in [0.29, 0.717) is 28.4 Å². The predicted molar refractivity (Wildman–Crippen MR) is 203 cm³/mol. The molecule has 0 atom stereocenters. The largest absolute Gasteiger partial charge is 0.497 e. The molecule has 0 bridgehead atoms. The van der Waals surface area contributed by atoms with E-state index in [9.17, 15) is 13.2 Å². The van der Waals surface area contributed by atoms with Crippen LogP contribution < -0.4 is 19.5 Å². The van der Waals surface area contributed by atoms with Crippen LogP contribution in [0.3, 0.4) is 0 Å². The van der Waals surface area contributed by atoms with Gasteiger partial charge in [0.2, 0.25) is 15.8 Å². The number of pyridine rings is 1. The van der Waals surface area contributed by atoms with Crippen LogP contribution in [0.2, 0.25) is 0 Å². The first-order chi connectivity index (χ1) is 26.1. The molecule has 14 nitrogen and oxygen atoms in total. The highest BCUT2D eigenvalue weighted by Gasteiger charge is 2.31. The van der Waals surface area contributed by atoms with Gasteiger partial charge >= 0.3 is 6.09 Å². The summed E-state index contributed by atoms with van der Waals surface area (Å²) in [6, 6.07) is 30.1. The SMILES string of the molecule is COc1ccc(CN(Cc2ccc(OC)cc2)S(=O)(=O)c2cccc(/C=C/c3ccc(NC(=O)O)nc3)c2-c2nnn(Cc3ccc(OC)cc3)n2)cc1. The second-order valence-electron chi connectivity index (χ2n) is 11.9. The Kier molecular flexibility index (Phi) is 11.6. The lowest BCUT2D eigenvalue weighted by atomic mass is 10.1. The maximum Gasteiger partial charge on any atom is 0.410 e. The third kappa shape index (κ3) is 9.07. The standard InChI is InChI=1S/C39H37N7O7S/c1-51-32-16-8-28(9-17-32)24-45(25-29-10-18-33(52-2)19-11-29)54(49,50)35-6-4-5-31(15-7-27-14-22-36(40-23-27)41-39(47)48)37(35)38-42-44-46(43-38)26-30-12-20-34(53-3)21-13-30/h4-23H,24-26H2,1-3H3,(H,40,41)(H,47,48)/b15-7+. The Hall–Kier alpha value is -6.58. The van der Waals surface area contributed by atoms with Gasteiger partial charge in [0, 0.05) is 19.3 Å². The number of hydrogen-bond donors (Lipinski definition) is 2. The molecule has 0 saturated carbocycles. The van der Waals surface area contributed by atoms with Crippen molar-refractivity contribution in [1.82, 2.24) is 29.5 Å². The Morgan fingerprint density at radius 2 is 1.35 bits per heavy atom. The highest BCUT2D eigenvalue weighted by molar-refractivity contribution is 7.89. The lowest BCUT2D eigenvalue weighted by Crippen LogP contribution is -2.31. The monoisotopic (exact) mass is 747 g/mol. The fraction of sp³-hybridized carbons (Fsp3) is 0.154. The van der Waals surface area contributed by atoms with Gasteiger partial charge in [0.1, 0.15) is 23.1 Å². The molecule has 0 spiro atoms. The van der Waals surface area contributed by atoms with Crippen LogP contribution in [0.25, 0.3) is 23.5 Å². The van der Waals surface area contributed by atoms with Gasteiger partial charge in [-0.25, -0.2) is 18.2 Å². The van der Waals surface area contributed by atoms with Crippen LogP contribution in [0.5, 0.6) is 17.2 Å². The van der Waals surface area contributed by atoms with E-state index in [1.807, 2.05) is 48.5 Å². The van der Waals surface area contributed by atoms with Gasteiger partial charge in [-0.3, -0.25) is 5.32 Å². The third-order valence-corrected chi connectivity index (χ3v) is 10.2. The number of anilines is 1. The molecule has 4 aromatic carbocycles. The van der Waals surface area contributed by atoms with Crippen molar-refractivity contribution in [2.45, 2.75) is 24.5 Å². The average Bonchev–Trinajstić information content (AvgIpc) is 3.65. The summed E-state index contributed by atoms with van der Waals surface area (Å²) in [5.41, 5.74) is 3.79. The molecule has 276 valence electrons. The number of methoxy groups -OCH3 is 3. The third-order valence-electron chi connectivity index (χ3n) is 8.35. The molecule has 0 fully saturated rings. The Morgan fingerprint density at radius 3 is 1.87 bits per heavy atom. The predicted octanol–water partition coefficient (Wildman–Crippen LogP) is 6.46. The number of amides is 1. The maximum atomic E-state index is 15.0. The number of aromatic nitrogens is 5. The van der Waals surface area contributed by atoms with Gasteiger partial charge in [-0.05, 0) is 87.6 Å². The van der Waals surface area contributed by atoms with Gasteiger partial charge < -0.3 is 19.3 Å². The molecule has 0 aliphatic heterocycles. The number of carboxylic acid groups (broad SMARTS) is 1. The summed E-state index contributed by atoms with van der Waals surface area (Å²) in [5.74, 6) is 2.28. The van der Waals surface area contributed by atoms with Gasteiger partial charge in [0.25, 0.3) is 0 Å². The number of nitrogens with zero attached hydrogens (tertiary/aromatic N) is 6. The molecular weight excluding hydrogens is 711 g/mol. The number of nitrogens with one attached hydrogen (secondary N) is 1. The summed E-state index contributed by atoms with van der Waals surface area (Å²) < 4.78 is 47.3. The molecule has 2 aromatic heterocycles. The molecule has 1 amide bonds. The van der Waals surface area contributed by atoms with Crippen LogP contribution >= 0.6 is 0 Å². The molecule has 54 heavy (non-hydrogen) atoms. The summed E-state index contributed by atoms with van der Waals surface area (Å²) >= 11 is 0. The van der Waals surface area contributed by atoms with Crippen molar-refractivity contribution in [3.63, 3.8) is 0 Å². The molecule has 2 N–H and O–H groups in total. The normalized spacial score (nSPS) is 11.5. The van der Waals surface area contributed by atoms with Crippen molar-refractivity contribution >= 4 is 34.1 Å².